The molecule has 106 valence electrons. The molecule has 2 rings (SSSR count). The predicted octanol–water partition coefficient (Wildman–Crippen LogP) is 5.34. The van der Waals surface area contributed by atoms with Crippen LogP contribution < -0.4 is 9.47 Å². The Morgan fingerprint density at radius 2 is 1.65 bits per heavy atom. The Morgan fingerprint density at radius 1 is 0.950 bits per heavy atom. The maximum Gasteiger partial charge on any atom is 0.161 e. The van der Waals surface area contributed by atoms with Crippen molar-refractivity contribution >= 4 is 34.8 Å². The standard InChI is InChI=1S/C15H13Cl3O2/c1-19-12-7-6-9(8-13(12)20-2)14(17)10-4-3-5-11(16)15(10)18/h3-8,14H,1-2H3. The van der Waals surface area contributed by atoms with Crippen LogP contribution in [0.3, 0.4) is 0 Å². The predicted molar refractivity (Wildman–Crippen MR) is 83.7 cm³/mol. The summed E-state index contributed by atoms with van der Waals surface area (Å²) in [5.74, 6) is 1.27. The molecular formula is C15H13Cl3O2. The molecule has 20 heavy (non-hydrogen) atoms. The van der Waals surface area contributed by atoms with Gasteiger partial charge in [0.25, 0.3) is 0 Å². The van der Waals surface area contributed by atoms with Crippen LogP contribution in [0.15, 0.2) is 36.4 Å². The molecule has 0 aromatic heterocycles. The van der Waals surface area contributed by atoms with E-state index in [4.69, 9.17) is 44.3 Å². The van der Waals surface area contributed by atoms with Crippen LogP contribution in [-0.2, 0) is 0 Å². The average Bonchev–Trinajstić information content (AvgIpc) is 2.48. The summed E-state index contributed by atoms with van der Waals surface area (Å²) in [6, 6.07) is 10.9. The minimum absolute atomic E-state index is 0.416. The van der Waals surface area contributed by atoms with E-state index in [1.807, 2.05) is 30.3 Å². The number of benzene rings is 2. The maximum absolute atomic E-state index is 6.49. The van der Waals surface area contributed by atoms with Gasteiger partial charge < -0.3 is 9.47 Å². The van der Waals surface area contributed by atoms with Gasteiger partial charge >= 0.3 is 0 Å². The third-order valence-corrected chi connectivity index (χ3v) is 4.28. The molecule has 0 amide bonds. The van der Waals surface area contributed by atoms with E-state index in [9.17, 15) is 0 Å². The second-order valence-electron chi connectivity index (χ2n) is 4.12. The third-order valence-electron chi connectivity index (χ3n) is 2.95. The number of methoxy groups -OCH3 is 2. The van der Waals surface area contributed by atoms with Crippen LogP contribution in [-0.4, -0.2) is 14.2 Å². The van der Waals surface area contributed by atoms with Crippen LogP contribution >= 0.6 is 34.8 Å². The first-order valence-corrected chi connectivity index (χ1v) is 7.07. The van der Waals surface area contributed by atoms with Gasteiger partial charge in [0.15, 0.2) is 11.5 Å². The summed E-state index contributed by atoms with van der Waals surface area (Å²) >= 11 is 18.7. The lowest BCUT2D eigenvalue weighted by atomic mass is 10.0. The fourth-order valence-corrected chi connectivity index (χ4v) is 2.70. The first-order valence-electron chi connectivity index (χ1n) is 5.88. The van der Waals surface area contributed by atoms with Crippen molar-refractivity contribution in [1.29, 1.82) is 0 Å². The lowest BCUT2D eigenvalue weighted by Crippen LogP contribution is -1.97. The molecule has 1 unspecified atom stereocenters. The number of alkyl halides is 1. The van der Waals surface area contributed by atoms with Crippen molar-refractivity contribution in [3.05, 3.63) is 57.6 Å². The molecule has 0 spiro atoms. The molecule has 2 aromatic carbocycles. The average molecular weight is 332 g/mol. The van der Waals surface area contributed by atoms with E-state index >= 15 is 0 Å². The SMILES string of the molecule is COc1ccc(C(Cl)c2cccc(Cl)c2Cl)cc1OC. The largest absolute Gasteiger partial charge is 0.493 e. The monoisotopic (exact) mass is 330 g/mol. The van der Waals surface area contributed by atoms with Crippen molar-refractivity contribution in [2.75, 3.05) is 14.2 Å². The van der Waals surface area contributed by atoms with Gasteiger partial charge in [0.05, 0.1) is 29.6 Å². The van der Waals surface area contributed by atoms with Crippen molar-refractivity contribution in [1.82, 2.24) is 0 Å². The molecule has 0 N–H and O–H groups in total. The van der Waals surface area contributed by atoms with Crippen LogP contribution in [0.25, 0.3) is 0 Å². The second kappa shape index (κ2) is 6.57. The molecular weight excluding hydrogens is 319 g/mol. The fraction of sp³-hybridized carbons (Fsp3) is 0.200. The Labute approximate surface area is 133 Å². The molecule has 2 nitrogen and oxygen atoms in total. The summed E-state index contributed by atoms with van der Waals surface area (Å²) in [7, 11) is 3.17. The highest BCUT2D eigenvalue weighted by Crippen LogP contribution is 2.39. The van der Waals surface area contributed by atoms with Crippen LogP contribution in [0.2, 0.25) is 10.0 Å². The molecule has 0 fully saturated rings. The summed E-state index contributed by atoms with van der Waals surface area (Å²) in [5, 5.41) is 0.528. The Hall–Kier alpha value is -1.09. The maximum atomic E-state index is 6.49. The van der Waals surface area contributed by atoms with E-state index in [0.717, 1.165) is 11.1 Å². The van der Waals surface area contributed by atoms with Gasteiger partial charge in [-0.2, -0.15) is 0 Å². The Kier molecular flexibility index (Phi) is 5.03. The lowest BCUT2D eigenvalue weighted by molar-refractivity contribution is 0.354. The van der Waals surface area contributed by atoms with Gasteiger partial charge in [-0.05, 0) is 29.3 Å². The summed E-state index contributed by atoms with van der Waals surface area (Å²) in [6.07, 6.45) is 0. The molecule has 0 aliphatic heterocycles. The summed E-state index contributed by atoms with van der Waals surface area (Å²) in [6.45, 7) is 0. The number of hydrogen-bond donors (Lipinski definition) is 0. The van der Waals surface area contributed by atoms with E-state index in [0.29, 0.717) is 21.5 Å². The van der Waals surface area contributed by atoms with Gasteiger partial charge in [0.1, 0.15) is 0 Å². The highest BCUT2D eigenvalue weighted by Gasteiger charge is 2.17. The van der Waals surface area contributed by atoms with Crippen LogP contribution in [0.1, 0.15) is 16.5 Å². The van der Waals surface area contributed by atoms with E-state index in [1.165, 1.54) is 0 Å². The summed E-state index contributed by atoms with van der Waals surface area (Å²) in [5.41, 5.74) is 1.61. The van der Waals surface area contributed by atoms with Gasteiger partial charge in [-0.1, -0.05) is 41.4 Å². The van der Waals surface area contributed by atoms with Crippen molar-refractivity contribution in [2.45, 2.75) is 5.38 Å². The molecule has 0 aliphatic carbocycles. The first kappa shape index (κ1) is 15.3. The van der Waals surface area contributed by atoms with E-state index in [1.54, 1.807) is 20.3 Å². The molecule has 1 atom stereocenters. The van der Waals surface area contributed by atoms with Crippen molar-refractivity contribution in [2.24, 2.45) is 0 Å². The van der Waals surface area contributed by atoms with Gasteiger partial charge in [0, 0.05) is 0 Å². The van der Waals surface area contributed by atoms with Crippen LogP contribution in [0, 0.1) is 0 Å². The molecule has 0 radical (unpaired) electrons. The van der Waals surface area contributed by atoms with E-state index in [-0.39, 0.29) is 0 Å². The highest BCUT2D eigenvalue weighted by molar-refractivity contribution is 6.43. The minimum atomic E-state index is -0.416. The Balaban J connectivity index is 2.43. The topological polar surface area (TPSA) is 18.5 Å². The molecule has 0 saturated heterocycles. The van der Waals surface area contributed by atoms with Gasteiger partial charge in [-0.3, -0.25) is 0 Å². The van der Waals surface area contributed by atoms with Gasteiger partial charge in [0.2, 0.25) is 0 Å². The lowest BCUT2D eigenvalue weighted by Gasteiger charge is -2.15. The number of halogens is 3. The van der Waals surface area contributed by atoms with E-state index in [2.05, 4.69) is 0 Å². The Morgan fingerprint density at radius 3 is 2.30 bits per heavy atom. The van der Waals surface area contributed by atoms with Crippen molar-refractivity contribution in [3.8, 4) is 11.5 Å². The zero-order valence-electron chi connectivity index (χ0n) is 11.0. The fourth-order valence-electron chi connectivity index (χ4n) is 1.91. The zero-order valence-corrected chi connectivity index (χ0v) is 13.3. The first-order chi connectivity index (χ1) is 9.58. The summed E-state index contributed by atoms with van der Waals surface area (Å²) < 4.78 is 10.5. The number of rotatable bonds is 4. The number of hydrogen-bond acceptors (Lipinski definition) is 2. The van der Waals surface area contributed by atoms with Gasteiger partial charge in [-0.15, -0.1) is 11.6 Å². The third kappa shape index (κ3) is 2.98. The zero-order chi connectivity index (χ0) is 14.7. The quantitative estimate of drug-likeness (QED) is 0.704. The summed E-state index contributed by atoms with van der Waals surface area (Å²) in [4.78, 5) is 0. The van der Waals surface area contributed by atoms with Crippen molar-refractivity contribution in [3.63, 3.8) is 0 Å². The smallest absolute Gasteiger partial charge is 0.161 e. The molecule has 5 heteroatoms. The number of ether oxygens (including phenoxy) is 2. The molecule has 0 heterocycles. The molecule has 0 bridgehead atoms. The minimum Gasteiger partial charge on any atom is -0.493 e. The van der Waals surface area contributed by atoms with E-state index < -0.39 is 5.38 Å². The normalized spacial score (nSPS) is 12.1. The van der Waals surface area contributed by atoms with Crippen LogP contribution in [0.4, 0.5) is 0 Å². The van der Waals surface area contributed by atoms with Crippen molar-refractivity contribution < 1.29 is 9.47 Å². The van der Waals surface area contributed by atoms with Crippen LogP contribution in [0.5, 0.6) is 11.5 Å². The van der Waals surface area contributed by atoms with Gasteiger partial charge in [-0.25, -0.2) is 0 Å². The molecule has 0 saturated carbocycles. The Bertz CT molecular complexity index is 614. The highest BCUT2D eigenvalue weighted by atomic mass is 35.5. The molecule has 0 aliphatic rings. The second-order valence-corrected chi connectivity index (χ2v) is 5.34. The molecule has 2 aromatic rings.